The first-order valence-electron chi connectivity index (χ1n) is 6.53. The van der Waals surface area contributed by atoms with Crippen LogP contribution in [0.15, 0.2) is 30.0 Å². The maximum atomic E-state index is 12.2. The molecule has 1 aliphatic rings. The Morgan fingerprint density at radius 1 is 1.48 bits per heavy atom. The van der Waals surface area contributed by atoms with Crippen molar-refractivity contribution in [2.24, 2.45) is 0 Å². The van der Waals surface area contributed by atoms with Crippen molar-refractivity contribution in [2.75, 3.05) is 37.2 Å². The third-order valence-corrected chi connectivity index (χ3v) is 3.47. The van der Waals surface area contributed by atoms with Gasteiger partial charge in [0.25, 0.3) is 5.91 Å². The summed E-state index contributed by atoms with van der Waals surface area (Å²) in [6.07, 6.45) is 1.40. The van der Waals surface area contributed by atoms with Crippen molar-refractivity contribution in [3.05, 3.63) is 35.0 Å². The molecule has 0 aromatic heterocycles. The monoisotopic (exact) mass is 305 g/mol. The van der Waals surface area contributed by atoms with E-state index in [1.807, 2.05) is 6.07 Å². The van der Waals surface area contributed by atoms with Crippen LogP contribution >= 0.6 is 11.6 Å². The standard InChI is InChI=1S/C14H16ClN5O/c15-12-7-11(1-2-13(12)17)19-9-10(8-16)14(21)20-5-3-18-4-6-20/h1-2,7,9,18-19H,3-6,17H2/b10-9-. The van der Waals surface area contributed by atoms with E-state index in [1.54, 1.807) is 23.1 Å². The van der Waals surface area contributed by atoms with Crippen LogP contribution in [-0.4, -0.2) is 37.0 Å². The Labute approximate surface area is 128 Å². The van der Waals surface area contributed by atoms with Crippen molar-refractivity contribution in [1.82, 2.24) is 10.2 Å². The van der Waals surface area contributed by atoms with Crippen molar-refractivity contribution in [1.29, 1.82) is 5.26 Å². The maximum absolute atomic E-state index is 12.2. The molecule has 2 rings (SSSR count). The summed E-state index contributed by atoms with van der Waals surface area (Å²) in [7, 11) is 0. The predicted molar refractivity (Wildman–Crippen MR) is 82.6 cm³/mol. The molecule has 0 spiro atoms. The summed E-state index contributed by atoms with van der Waals surface area (Å²) in [5.74, 6) is -0.270. The van der Waals surface area contributed by atoms with Gasteiger partial charge in [-0.05, 0) is 18.2 Å². The molecule has 21 heavy (non-hydrogen) atoms. The van der Waals surface area contributed by atoms with Crippen LogP contribution < -0.4 is 16.4 Å². The molecule has 0 atom stereocenters. The number of benzene rings is 1. The zero-order chi connectivity index (χ0) is 15.2. The van der Waals surface area contributed by atoms with Crippen molar-refractivity contribution in [2.45, 2.75) is 0 Å². The topological polar surface area (TPSA) is 94.2 Å². The molecule has 0 radical (unpaired) electrons. The molecule has 0 bridgehead atoms. The minimum atomic E-state index is -0.270. The van der Waals surface area contributed by atoms with Crippen molar-refractivity contribution in [3.63, 3.8) is 0 Å². The Kier molecular flexibility index (Phi) is 5.04. The normalized spacial score (nSPS) is 15.4. The van der Waals surface area contributed by atoms with Gasteiger partial charge < -0.3 is 21.3 Å². The molecule has 1 saturated heterocycles. The number of rotatable bonds is 3. The van der Waals surface area contributed by atoms with Gasteiger partial charge in [-0.25, -0.2) is 0 Å². The summed E-state index contributed by atoms with van der Waals surface area (Å²) in [6.45, 7) is 2.69. The van der Waals surface area contributed by atoms with E-state index >= 15 is 0 Å². The number of hydrogen-bond acceptors (Lipinski definition) is 5. The summed E-state index contributed by atoms with van der Waals surface area (Å²) < 4.78 is 0. The van der Waals surface area contributed by atoms with Crippen LogP contribution in [-0.2, 0) is 4.79 Å². The van der Waals surface area contributed by atoms with Crippen LogP contribution in [0.1, 0.15) is 0 Å². The minimum absolute atomic E-state index is 0.0600. The molecule has 1 aromatic carbocycles. The van der Waals surface area contributed by atoms with Gasteiger partial charge in [-0.15, -0.1) is 0 Å². The molecule has 1 aliphatic heterocycles. The van der Waals surface area contributed by atoms with E-state index < -0.39 is 0 Å². The lowest BCUT2D eigenvalue weighted by Gasteiger charge is -2.27. The molecular formula is C14H16ClN5O. The second kappa shape index (κ2) is 6.97. The third kappa shape index (κ3) is 3.88. The lowest BCUT2D eigenvalue weighted by molar-refractivity contribution is -0.127. The van der Waals surface area contributed by atoms with Crippen LogP contribution in [0.25, 0.3) is 0 Å². The average Bonchev–Trinajstić information content (AvgIpc) is 2.52. The first kappa shape index (κ1) is 15.2. The number of carbonyl (C=O) groups excluding carboxylic acids is 1. The molecule has 0 saturated carbocycles. The molecule has 110 valence electrons. The largest absolute Gasteiger partial charge is 0.398 e. The fourth-order valence-electron chi connectivity index (χ4n) is 1.95. The van der Waals surface area contributed by atoms with Gasteiger partial charge in [0.2, 0.25) is 0 Å². The number of nitrogens with zero attached hydrogens (tertiary/aromatic N) is 2. The highest BCUT2D eigenvalue weighted by molar-refractivity contribution is 6.33. The number of hydrogen-bond donors (Lipinski definition) is 3. The summed E-state index contributed by atoms with van der Waals surface area (Å²) in [5.41, 5.74) is 6.82. The van der Waals surface area contributed by atoms with Crippen LogP contribution in [0.3, 0.4) is 0 Å². The summed E-state index contributed by atoms with van der Waals surface area (Å²) in [5, 5.41) is 15.6. The third-order valence-electron chi connectivity index (χ3n) is 3.14. The van der Waals surface area contributed by atoms with Gasteiger partial charge in [-0.1, -0.05) is 11.6 Å². The number of amides is 1. The van der Waals surface area contributed by atoms with Gasteiger partial charge in [-0.2, -0.15) is 5.26 Å². The van der Waals surface area contributed by atoms with E-state index in [4.69, 9.17) is 22.6 Å². The van der Waals surface area contributed by atoms with Crippen molar-refractivity contribution in [3.8, 4) is 6.07 Å². The second-order valence-corrected chi connectivity index (χ2v) is 5.00. The fraction of sp³-hybridized carbons (Fsp3) is 0.286. The van der Waals surface area contributed by atoms with Crippen LogP contribution in [0, 0.1) is 11.3 Å². The van der Waals surface area contributed by atoms with Gasteiger partial charge in [0, 0.05) is 38.1 Å². The number of nitrogens with two attached hydrogens (primary N) is 1. The molecule has 1 fully saturated rings. The molecule has 1 heterocycles. The molecule has 0 unspecified atom stereocenters. The summed E-state index contributed by atoms with van der Waals surface area (Å²) >= 11 is 5.91. The fourth-order valence-corrected chi connectivity index (χ4v) is 2.13. The van der Waals surface area contributed by atoms with E-state index in [1.165, 1.54) is 6.20 Å². The molecule has 0 aliphatic carbocycles. The van der Waals surface area contributed by atoms with Crippen molar-refractivity contribution >= 4 is 28.9 Å². The highest BCUT2D eigenvalue weighted by Gasteiger charge is 2.19. The van der Waals surface area contributed by atoms with Gasteiger partial charge in [-0.3, -0.25) is 4.79 Å². The molecule has 1 amide bonds. The predicted octanol–water partition coefficient (Wildman–Crippen LogP) is 1.17. The van der Waals surface area contributed by atoms with Crippen LogP contribution in [0.4, 0.5) is 11.4 Å². The van der Waals surface area contributed by atoms with Gasteiger partial charge in [0.1, 0.15) is 11.6 Å². The summed E-state index contributed by atoms with van der Waals surface area (Å²) in [6, 6.07) is 6.94. The van der Waals surface area contributed by atoms with E-state index in [9.17, 15) is 4.79 Å². The maximum Gasteiger partial charge on any atom is 0.266 e. The highest BCUT2D eigenvalue weighted by atomic mass is 35.5. The Balaban J connectivity index is 2.07. The number of anilines is 2. The van der Waals surface area contributed by atoms with Crippen LogP contribution in [0.5, 0.6) is 0 Å². The van der Waals surface area contributed by atoms with Gasteiger partial charge >= 0.3 is 0 Å². The SMILES string of the molecule is N#C/C(=C/Nc1ccc(N)c(Cl)c1)C(=O)N1CCNCC1. The number of nitrogens with one attached hydrogen (secondary N) is 2. The molecule has 1 aromatic rings. The first-order chi connectivity index (χ1) is 10.1. The first-order valence-corrected chi connectivity index (χ1v) is 6.91. The zero-order valence-corrected chi connectivity index (χ0v) is 12.2. The van der Waals surface area contributed by atoms with Gasteiger partial charge in [0.05, 0.1) is 10.7 Å². The van der Waals surface area contributed by atoms with Gasteiger partial charge in [0.15, 0.2) is 0 Å². The highest BCUT2D eigenvalue weighted by Crippen LogP contribution is 2.22. The number of nitriles is 1. The van der Waals surface area contributed by atoms with Crippen LogP contribution in [0.2, 0.25) is 5.02 Å². The average molecular weight is 306 g/mol. The number of nitrogen functional groups attached to an aromatic ring is 1. The molecule has 6 nitrogen and oxygen atoms in total. The molecular weight excluding hydrogens is 290 g/mol. The lowest BCUT2D eigenvalue weighted by atomic mass is 10.2. The van der Waals surface area contributed by atoms with E-state index in [-0.39, 0.29) is 11.5 Å². The number of halogens is 1. The second-order valence-electron chi connectivity index (χ2n) is 4.59. The quantitative estimate of drug-likeness (QED) is 0.443. The minimum Gasteiger partial charge on any atom is -0.398 e. The Morgan fingerprint density at radius 3 is 2.81 bits per heavy atom. The Hall–Kier alpha value is -2.23. The van der Waals surface area contributed by atoms with Crippen molar-refractivity contribution < 1.29 is 4.79 Å². The molecule has 7 heteroatoms. The Bertz CT molecular complexity index is 602. The molecule has 4 N–H and O–H groups in total. The number of carbonyl (C=O) groups is 1. The Morgan fingerprint density at radius 2 is 2.19 bits per heavy atom. The van der Waals surface area contributed by atoms with E-state index in [0.717, 1.165) is 13.1 Å². The number of piperazine rings is 1. The zero-order valence-electron chi connectivity index (χ0n) is 11.4. The smallest absolute Gasteiger partial charge is 0.266 e. The lowest BCUT2D eigenvalue weighted by Crippen LogP contribution is -2.46. The van der Waals surface area contributed by atoms with E-state index in [0.29, 0.717) is 29.5 Å². The summed E-state index contributed by atoms with van der Waals surface area (Å²) in [4.78, 5) is 13.8. The van der Waals surface area contributed by atoms with E-state index in [2.05, 4.69) is 10.6 Å².